The van der Waals surface area contributed by atoms with E-state index in [4.69, 9.17) is 4.74 Å². The minimum Gasteiger partial charge on any atom is -0.466 e. The lowest BCUT2D eigenvalue weighted by Gasteiger charge is -2.15. The quantitative estimate of drug-likeness (QED) is 0.815. The van der Waals surface area contributed by atoms with E-state index >= 15 is 0 Å². The number of ether oxygens (including phenoxy) is 1. The molecule has 0 amide bonds. The molecule has 1 aromatic rings. The SMILES string of the molecule is CCOC(=O)C(C)CNc1ccc(Br)cc1CC. The highest BCUT2D eigenvalue weighted by Gasteiger charge is 2.13. The van der Waals surface area contributed by atoms with Crippen LogP contribution < -0.4 is 5.32 Å². The molecule has 0 aliphatic rings. The van der Waals surface area contributed by atoms with Gasteiger partial charge in [-0.15, -0.1) is 0 Å². The van der Waals surface area contributed by atoms with Gasteiger partial charge in [0, 0.05) is 16.7 Å². The summed E-state index contributed by atoms with van der Waals surface area (Å²) in [6, 6.07) is 6.12. The molecule has 0 aliphatic carbocycles. The smallest absolute Gasteiger partial charge is 0.310 e. The van der Waals surface area contributed by atoms with Crippen molar-refractivity contribution in [3.8, 4) is 0 Å². The maximum absolute atomic E-state index is 11.5. The molecule has 18 heavy (non-hydrogen) atoms. The van der Waals surface area contributed by atoms with Crippen LogP contribution in [-0.2, 0) is 16.0 Å². The van der Waals surface area contributed by atoms with Crippen LogP contribution in [0.3, 0.4) is 0 Å². The van der Waals surface area contributed by atoms with Gasteiger partial charge in [0.2, 0.25) is 0 Å². The monoisotopic (exact) mass is 313 g/mol. The van der Waals surface area contributed by atoms with E-state index in [1.807, 2.05) is 26.0 Å². The second kappa shape index (κ2) is 7.41. The van der Waals surface area contributed by atoms with Crippen molar-refractivity contribution in [3.63, 3.8) is 0 Å². The van der Waals surface area contributed by atoms with Crippen molar-refractivity contribution in [1.82, 2.24) is 0 Å². The molecule has 3 nitrogen and oxygen atoms in total. The first kappa shape index (κ1) is 15.0. The highest BCUT2D eigenvalue weighted by atomic mass is 79.9. The van der Waals surface area contributed by atoms with E-state index in [0.29, 0.717) is 13.2 Å². The zero-order chi connectivity index (χ0) is 13.5. The molecule has 0 radical (unpaired) electrons. The van der Waals surface area contributed by atoms with E-state index in [1.165, 1.54) is 5.56 Å². The van der Waals surface area contributed by atoms with Gasteiger partial charge >= 0.3 is 5.97 Å². The molecule has 1 N–H and O–H groups in total. The molecule has 0 saturated heterocycles. The number of anilines is 1. The van der Waals surface area contributed by atoms with Gasteiger partial charge in [-0.1, -0.05) is 29.8 Å². The average Bonchev–Trinajstić information content (AvgIpc) is 2.37. The molecule has 4 heteroatoms. The molecule has 0 fully saturated rings. The van der Waals surface area contributed by atoms with Crippen molar-refractivity contribution in [2.45, 2.75) is 27.2 Å². The Labute approximate surface area is 117 Å². The van der Waals surface area contributed by atoms with Crippen LogP contribution in [0.25, 0.3) is 0 Å². The van der Waals surface area contributed by atoms with Crippen LogP contribution in [0.15, 0.2) is 22.7 Å². The van der Waals surface area contributed by atoms with Crippen LogP contribution in [0.4, 0.5) is 5.69 Å². The normalized spacial score (nSPS) is 12.0. The van der Waals surface area contributed by atoms with Crippen molar-refractivity contribution < 1.29 is 9.53 Å². The third kappa shape index (κ3) is 4.33. The van der Waals surface area contributed by atoms with E-state index in [0.717, 1.165) is 16.6 Å². The van der Waals surface area contributed by atoms with Crippen LogP contribution in [0.2, 0.25) is 0 Å². The second-order valence-electron chi connectivity index (χ2n) is 4.19. The van der Waals surface area contributed by atoms with Gasteiger partial charge in [0.15, 0.2) is 0 Å². The van der Waals surface area contributed by atoms with E-state index in [1.54, 1.807) is 0 Å². The predicted octanol–water partition coefficient (Wildman–Crippen LogP) is 3.62. The average molecular weight is 314 g/mol. The number of rotatable bonds is 6. The molecule has 1 atom stereocenters. The van der Waals surface area contributed by atoms with Gasteiger partial charge in [-0.2, -0.15) is 0 Å². The minimum atomic E-state index is -0.153. The van der Waals surface area contributed by atoms with Crippen LogP contribution in [0.5, 0.6) is 0 Å². The number of carbonyl (C=O) groups excluding carboxylic acids is 1. The fourth-order valence-corrected chi connectivity index (χ4v) is 2.07. The first-order valence-electron chi connectivity index (χ1n) is 6.27. The Morgan fingerprint density at radius 3 is 2.78 bits per heavy atom. The van der Waals surface area contributed by atoms with Gasteiger partial charge in [-0.3, -0.25) is 4.79 Å². The van der Waals surface area contributed by atoms with E-state index in [2.05, 4.69) is 34.2 Å². The molecule has 0 saturated carbocycles. The second-order valence-corrected chi connectivity index (χ2v) is 5.10. The number of hydrogen-bond acceptors (Lipinski definition) is 3. The van der Waals surface area contributed by atoms with Gasteiger partial charge in [0.05, 0.1) is 12.5 Å². The molecule has 1 aromatic carbocycles. The summed E-state index contributed by atoms with van der Waals surface area (Å²) < 4.78 is 6.05. The van der Waals surface area contributed by atoms with Crippen molar-refractivity contribution >= 4 is 27.6 Å². The summed E-state index contributed by atoms with van der Waals surface area (Å²) in [5, 5.41) is 3.31. The summed E-state index contributed by atoms with van der Waals surface area (Å²) >= 11 is 3.46. The molecule has 0 heterocycles. The molecule has 0 aromatic heterocycles. The van der Waals surface area contributed by atoms with Gasteiger partial charge in [-0.05, 0) is 37.1 Å². The molecular weight excluding hydrogens is 294 g/mol. The summed E-state index contributed by atoms with van der Waals surface area (Å²) in [5.74, 6) is -0.293. The summed E-state index contributed by atoms with van der Waals surface area (Å²) in [4.78, 5) is 11.5. The standard InChI is InChI=1S/C14H20BrNO2/c1-4-11-8-12(15)6-7-13(11)16-9-10(3)14(17)18-5-2/h6-8,10,16H,4-5,9H2,1-3H3. The fourth-order valence-electron chi connectivity index (χ4n) is 1.66. The minimum absolute atomic E-state index is 0.140. The van der Waals surface area contributed by atoms with Gasteiger partial charge in [0.1, 0.15) is 0 Å². The molecular formula is C14H20BrNO2. The first-order valence-corrected chi connectivity index (χ1v) is 7.06. The predicted molar refractivity (Wildman–Crippen MR) is 77.8 cm³/mol. The van der Waals surface area contributed by atoms with Crippen molar-refractivity contribution in [1.29, 1.82) is 0 Å². The Hall–Kier alpha value is -1.03. The summed E-state index contributed by atoms with van der Waals surface area (Å²) in [6.07, 6.45) is 0.954. The summed E-state index contributed by atoms with van der Waals surface area (Å²) in [5.41, 5.74) is 2.32. The Balaban J connectivity index is 2.60. The van der Waals surface area contributed by atoms with Crippen LogP contribution >= 0.6 is 15.9 Å². The summed E-state index contributed by atoms with van der Waals surface area (Å²) in [7, 11) is 0. The number of hydrogen-bond donors (Lipinski definition) is 1. The molecule has 0 bridgehead atoms. The molecule has 100 valence electrons. The van der Waals surface area contributed by atoms with E-state index in [9.17, 15) is 4.79 Å². The number of benzene rings is 1. The van der Waals surface area contributed by atoms with E-state index < -0.39 is 0 Å². The van der Waals surface area contributed by atoms with Gasteiger partial charge in [0.25, 0.3) is 0 Å². The third-order valence-electron chi connectivity index (χ3n) is 2.74. The van der Waals surface area contributed by atoms with Crippen LogP contribution in [0.1, 0.15) is 26.3 Å². The lowest BCUT2D eigenvalue weighted by atomic mass is 10.1. The van der Waals surface area contributed by atoms with Crippen molar-refractivity contribution in [2.24, 2.45) is 5.92 Å². The lowest BCUT2D eigenvalue weighted by molar-refractivity contribution is -0.146. The number of halogens is 1. The van der Waals surface area contributed by atoms with Crippen molar-refractivity contribution in [3.05, 3.63) is 28.2 Å². The molecule has 1 rings (SSSR count). The van der Waals surface area contributed by atoms with Gasteiger partial charge in [-0.25, -0.2) is 0 Å². The van der Waals surface area contributed by atoms with Crippen molar-refractivity contribution in [2.75, 3.05) is 18.5 Å². The third-order valence-corrected chi connectivity index (χ3v) is 3.23. The number of carbonyl (C=O) groups is 1. The Kier molecular flexibility index (Phi) is 6.19. The number of nitrogens with one attached hydrogen (secondary N) is 1. The highest BCUT2D eigenvalue weighted by molar-refractivity contribution is 9.10. The Morgan fingerprint density at radius 1 is 1.44 bits per heavy atom. The molecule has 0 aliphatic heterocycles. The van der Waals surface area contributed by atoms with Crippen LogP contribution in [-0.4, -0.2) is 19.1 Å². The maximum Gasteiger partial charge on any atom is 0.310 e. The Morgan fingerprint density at radius 2 is 2.17 bits per heavy atom. The lowest BCUT2D eigenvalue weighted by Crippen LogP contribution is -2.22. The zero-order valence-corrected chi connectivity index (χ0v) is 12.7. The highest BCUT2D eigenvalue weighted by Crippen LogP contribution is 2.21. The Bertz CT molecular complexity index is 407. The fraction of sp³-hybridized carbons (Fsp3) is 0.500. The molecule has 1 unspecified atom stereocenters. The molecule has 0 spiro atoms. The topological polar surface area (TPSA) is 38.3 Å². The van der Waals surface area contributed by atoms with E-state index in [-0.39, 0.29) is 11.9 Å². The largest absolute Gasteiger partial charge is 0.466 e. The maximum atomic E-state index is 11.5. The van der Waals surface area contributed by atoms with Crippen LogP contribution in [0, 0.1) is 5.92 Å². The summed E-state index contributed by atoms with van der Waals surface area (Å²) in [6.45, 7) is 6.83. The number of aryl methyl sites for hydroxylation is 1. The number of esters is 1. The first-order chi connectivity index (χ1) is 8.58. The van der Waals surface area contributed by atoms with Gasteiger partial charge < -0.3 is 10.1 Å². The zero-order valence-electron chi connectivity index (χ0n) is 11.1.